The van der Waals surface area contributed by atoms with Crippen LogP contribution < -0.4 is 16.6 Å². The molecule has 1 atom stereocenters. The Morgan fingerprint density at radius 3 is 2.76 bits per heavy atom. The highest BCUT2D eigenvalue weighted by Gasteiger charge is 2.13. The predicted octanol–water partition coefficient (Wildman–Crippen LogP) is 0.567. The van der Waals surface area contributed by atoms with Crippen molar-refractivity contribution in [3.8, 4) is 0 Å². The van der Waals surface area contributed by atoms with Crippen LogP contribution in [0, 0.1) is 5.82 Å². The van der Waals surface area contributed by atoms with Crippen molar-refractivity contribution in [2.45, 2.75) is 13.1 Å². The Morgan fingerprint density at radius 1 is 1.41 bits per heavy atom. The van der Waals surface area contributed by atoms with Crippen LogP contribution in [0.4, 0.5) is 4.39 Å². The molecule has 1 unspecified atom stereocenters. The van der Waals surface area contributed by atoms with E-state index in [4.69, 9.17) is 0 Å². The van der Waals surface area contributed by atoms with Gasteiger partial charge in [0.1, 0.15) is 5.82 Å². The lowest BCUT2D eigenvalue weighted by atomic mass is 10.2. The molecule has 5 nitrogen and oxygen atoms in total. The van der Waals surface area contributed by atoms with E-state index in [-0.39, 0.29) is 10.9 Å². The smallest absolute Gasteiger partial charge is 0.304 e. The van der Waals surface area contributed by atoms with E-state index >= 15 is 0 Å². The topological polar surface area (TPSA) is 66.9 Å². The Bertz CT molecular complexity index is 674. The number of para-hydroxylation sites is 1. The van der Waals surface area contributed by atoms with Gasteiger partial charge in [0.2, 0.25) is 0 Å². The number of rotatable bonds is 2. The summed E-state index contributed by atoms with van der Waals surface area (Å²) in [5.41, 5.74) is -1.19. The molecule has 0 fully saturated rings. The molecule has 0 spiro atoms. The zero-order valence-electron chi connectivity index (χ0n) is 9.45. The van der Waals surface area contributed by atoms with Crippen LogP contribution in [0.2, 0.25) is 0 Å². The van der Waals surface area contributed by atoms with Crippen molar-refractivity contribution in [1.82, 2.24) is 14.9 Å². The van der Waals surface area contributed by atoms with Gasteiger partial charge in [-0.05, 0) is 26.1 Å². The first kappa shape index (κ1) is 11.5. The van der Waals surface area contributed by atoms with Crippen molar-refractivity contribution in [3.63, 3.8) is 0 Å². The molecule has 1 aromatic carbocycles. The number of aromatic nitrogens is 2. The fraction of sp³-hybridized carbons (Fsp3) is 0.273. The summed E-state index contributed by atoms with van der Waals surface area (Å²) >= 11 is 0. The molecule has 0 saturated heterocycles. The second-order valence-electron chi connectivity index (χ2n) is 3.73. The third-order valence-corrected chi connectivity index (χ3v) is 2.72. The molecule has 6 heteroatoms. The molecule has 1 aromatic heterocycles. The molecule has 2 N–H and O–H groups in total. The second kappa shape index (κ2) is 4.14. The third-order valence-electron chi connectivity index (χ3n) is 2.72. The maximum Gasteiger partial charge on any atom is 0.330 e. The fourth-order valence-corrected chi connectivity index (χ4v) is 1.70. The first-order chi connectivity index (χ1) is 8.06. The van der Waals surface area contributed by atoms with Crippen molar-refractivity contribution in [3.05, 3.63) is 44.9 Å². The highest BCUT2D eigenvalue weighted by Crippen LogP contribution is 2.09. The summed E-state index contributed by atoms with van der Waals surface area (Å²) in [6.07, 6.45) is -0.459. The van der Waals surface area contributed by atoms with Gasteiger partial charge in [-0.3, -0.25) is 4.79 Å². The maximum atomic E-state index is 13.4. The summed E-state index contributed by atoms with van der Waals surface area (Å²) in [5, 5.41) is 2.95. The van der Waals surface area contributed by atoms with E-state index in [1.807, 2.05) is 0 Å². The molecule has 0 saturated carbocycles. The van der Waals surface area contributed by atoms with Gasteiger partial charge in [0.15, 0.2) is 0 Å². The van der Waals surface area contributed by atoms with Gasteiger partial charge in [-0.25, -0.2) is 13.8 Å². The monoisotopic (exact) mass is 237 g/mol. The van der Waals surface area contributed by atoms with E-state index < -0.39 is 23.2 Å². The highest BCUT2D eigenvalue weighted by molar-refractivity contribution is 5.77. The van der Waals surface area contributed by atoms with E-state index in [9.17, 15) is 14.0 Å². The van der Waals surface area contributed by atoms with Crippen LogP contribution >= 0.6 is 0 Å². The first-order valence-corrected chi connectivity index (χ1v) is 5.16. The summed E-state index contributed by atoms with van der Waals surface area (Å²) in [7, 11) is 1.63. The molecule has 1 heterocycles. The average molecular weight is 237 g/mol. The van der Waals surface area contributed by atoms with Crippen molar-refractivity contribution >= 4 is 10.9 Å². The van der Waals surface area contributed by atoms with Crippen molar-refractivity contribution in [2.24, 2.45) is 0 Å². The van der Waals surface area contributed by atoms with Gasteiger partial charge in [-0.1, -0.05) is 6.07 Å². The van der Waals surface area contributed by atoms with E-state index in [0.717, 1.165) is 4.57 Å². The Hall–Kier alpha value is -1.95. The molecule has 2 rings (SSSR count). The minimum Gasteiger partial charge on any atom is -0.304 e. The minimum atomic E-state index is -0.630. The Morgan fingerprint density at radius 2 is 2.12 bits per heavy atom. The first-order valence-electron chi connectivity index (χ1n) is 5.16. The lowest BCUT2D eigenvalue weighted by Gasteiger charge is -2.13. The number of aromatic amines is 1. The predicted molar refractivity (Wildman–Crippen MR) is 62.6 cm³/mol. The molecule has 0 aliphatic carbocycles. The van der Waals surface area contributed by atoms with Crippen molar-refractivity contribution < 1.29 is 4.39 Å². The summed E-state index contributed by atoms with van der Waals surface area (Å²) in [6, 6.07) is 4.12. The number of fused-ring (bicyclic) bond motifs is 1. The second-order valence-corrected chi connectivity index (χ2v) is 3.73. The average Bonchev–Trinajstić information content (AvgIpc) is 2.30. The van der Waals surface area contributed by atoms with Crippen LogP contribution in [-0.2, 0) is 0 Å². The van der Waals surface area contributed by atoms with E-state index in [1.54, 1.807) is 14.0 Å². The largest absolute Gasteiger partial charge is 0.330 e. The molecule has 0 aliphatic heterocycles. The Kier molecular flexibility index (Phi) is 2.81. The normalized spacial score (nSPS) is 12.9. The molecule has 0 aliphatic rings. The number of hydrogen-bond acceptors (Lipinski definition) is 3. The maximum absolute atomic E-state index is 13.4. The minimum absolute atomic E-state index is 0.0537. The van der Waals surface area contributed by atoms with Gasteiger partial charge in [0.25, 0.3) is 5.56 Å². The van der Waals surface area contributed by atoms with Crippen LogP contribution in [0.1, 0.15) is 13.1 Å². The standard InChI is InChI=1S/C11H12FN3O2/c1-6(13-2)15-10(16)7-4-3-5-8(12)9(7)14-11(15)17/h3-6,13H,1-2H3,(H,14,17). The van der Waals surface area contributed by atoms with Gasteiger partial charge in [-0.2, -0.15) is 0 Å². The van der Waals surface area contributed by atoms with Crippen LogP contribution in [0.3, 0.4) is 0 Å². The molecule has 17 heavy (non-hydrogen) atoms. The lowest BCUT2D eigenvalue weighted by molar-refractivity contribution is 0.446. The number of nitrogens with one attached hydrogen (secondary N) is 2. The van der Waals surface area contributed by atoms with Gasteiger partial charge >= 0.3 is 5.69 Å². The fourth-order valence-electron chi connectivity index (χ4n) is 1.70. The number of halogens is 1. The molecule has 0 radical (unpaired) electrons. The molecule has 90 valence electrons. The number of nitrogens with zero attached hydrogens (tertiary/aromatic N) is 1. The van der Waals surface area contributed by atoms with Crippen molar-refractivity contribution in [1.29, 1.82) is 0 Å². The van der Waals surface area contributed by atoms with E-state index in [0.29, 0.717) is 0 Å². The van der Waals surface area contributed by atoms with Crippen LogP contribution in [-0.4, -0.2) is 16.6 Å². The summed E-state index contributed by atoms with van der Waals surface area (Å²) in [4.78, 5) is 26.1. The van der Waals surface area contributed by atoms with Crippen molar-refractivity contribution in [2.75, 3.05) is 7.05 Å². The lowest BCUT2D eigenvalue weighted by Crippen LogP contribution is -2.41. The molecular formula is C11H12FN3O2. The van der Waals surface area contributed by atoms with Crippen LogP contribution in [0.15, 0.2) is 27.8 Å². The SMILES string of the molecule is CNC(C)n1c(=O)[nH]c2c(F)cccc2c1=O. The zero-order chi connectivity index (χ0) is 12.6. The quantitative estimate of drug-likeness (QED) is 0.802. The van der Waals surface area contributed by atoms with E-state index in [1.165, 1.54) is 18.2 Å². The third kappa shape index (κ3) is 1.76. The number of H-pyrrole nitrogens is 1. The Labute approximate surface area is 95.9 Å². The van der Waals surface area contributed by atoms with Crippen LogP contribution in [0.5, 0.6) is 0 Å². The van der Waals surface area contributed by atoms with Gasteiger partial charge in [0.05, 0.1) is 17.1 Å². The van der Waals surface area contributed by atoms with Gasteiger partial charge in [0, 0.05) is 0 Å². The summed E-state index contributed by atoms with van der Waals surface area (Å²) < 4.78 is 14.4. The molecule has 0 amide bonds. The summed E-state index contributed by atoms with van der Waals surface area (Å²) in [5.74, 6) is -0.610. The highest BCUT2D eigenvalue weighted by atomic mass is 19.1. The molecular weight excluding hydrogens is 225 g/mol. The van der Waals surface area contributed by atoms with E-state index in [2.05, 4.69) is 10.3 Å². The Balaban J connectivity index is 2.91. The number of benzene rings is 1. The van der Waals surface area contributed by atoms with Gasteiger partial charge in [-0.15, -0.1) is 0 Å². The molecule has 2 aromatic rings. The van der Waals surface area contributed by atoms with Gasteiger partial charge < -0.3 is 10.3 Å². The summed E-state index contributed by atoms with van der Waals surface area (Å²) in [6.45, 7) is 1.67. The zero-order valence-corrected chi connectivity index (χ0v) is 9.45. The number of hydrogen-bond donors (Lipinski definition) is 2. The molecule has 0 bridgehead atoms. The van der Waals surface area contributed by atoms with Crippen LogP contribution in [0.25, 0.3) is 10.9 Å².